The summed E-state index contributed by atoms with van der Waals surface area (Å²) in [5.41, 5.74) is 9.29. The van der Waals surface area contributed by atoms with Crippen molar-refractivity contribution in [2.75, 3.05) is 0 Å². The lowest BCUT2D eigenvalue weighted by Crippen LogP contribution is -2.40. The Morgan fingerprint density at radius 1 is 1.35 bits per heavy atom. The second kappa shape index (κ2) is 5.88. The third kappa shape index (κ3) is 3.43. The lowest BCUT2D eigenvalue weighted by molar-refractivity contribution is 0.125. The van der Waals surface area contributed by atoms with Crippen molar-refractivity contribution >= 4 is 0 Å². The molecule has 1 fully saturated rings. The number of aryl methyl sites for hydroxylation is 2. The molecule has 3 unspecified atom stereocenters. The van der Waals surface area contributed by atoms with Crippen LogP contribution in [-0.2, 0) is 13.0 Å². The molecule has 0 amide bonds. The van der Waals surface area contributed by atoms with Crippen molar-refractivity contribution in [1.82, 2.24) is 9.78 Å². The predicted octanol–water partition coefficient (Wildman–Crippen LogP) is 3.54. The fourth-order valence-electron chi connectivity index (χ4n) is 3.61. The number of aromatic nitrogens is 2. The minimum Gasteiger partial charge on any atom is -0.327 e. The van der Waals surface area contributed by atoms with Gasteiger partial charge in [0.25, 0.3) is 0 Å². The van der Waals surface area contributed by atoms with Gasteiger partial charge < -0.3 is 5.73 Å². The minimum atomic E-state index is 0.356. The molecule has 0 aromatic carbocycles. The van der Waals surface area contributed by atoms with E-state index in [1.165, 1.54) is 25.0 Å². The number of rotatable bonds is 3. The topological polar surface area (TPSA) is 43.8 Å². The van der Waals surface area contributed by atoms with Gasteiger partial charge in [0.15, 0.2) is 0 Å². The van der Waals surface area contributed by atoms with Gasteiger partial charge in [-0.3, -0.25) is 4.68 Å². The first-order chi connectivity index (χ1) is 9.31. The summed E-state index contributed by atoms with van der Waals surface area (Å²) in [6.45, 7) is 12.3. The summed E-state index contributed by atoms with van der Waals surface area (Å²) >= 11 is 0. The zero-order valence-electron chi connectivity index (χ0n) is 13.8. The summed E-state index contributed by atoms with van der Waals surface area (Å²) in [5.74, 6) is 1.40. The molecule has 0 bridgehead atoms. The highest BCUT2D eigenvalue weighted by Crippen LogP contribution is 2.40. The number of hydrogen-bond donors (Lipinski definition) is 1. The van der Waals surface area contributed by atoms with Gasteiger partial charge >= 0.3 is 0 Å². The van der Waals surface area contributed by atoms with Crippen LogP contribution in [-0.4, -0.2) is 15.8 Å². The number of hydrogen-bond acceptors (Lipinski definition) is 2. The van der Waals surface area contributed by atoms with Gasteiger partial charge in [-0.1, -0.05) is 20.8 Å². The summed E-state index contributed by atoms with van der Waals surface area (Å²) < 4.78 is 2.14. The van der Waals surface area contributed by atoms with Crippen LogP contribution in [0.3, 0.4) is 0 Å². The second-order valence-electron chi connectivity index (χ2n) is 7.60. The van der Waals surface area contributed by atoms with Gasteiger partial charge in [0.05, 0.1) is 5.69 Å². The van der Waals surface area contributed by atoms with Gasteiger partial charge in [-0.05, 0) is 62.8 Å². The Morgan fingerprint density at radius 2 is 2.05 bits per heavy atom. The summed E-state index contributed by atoms with van der Waals surface area (Å²) in [6, 6.07) is 2.59. The summed E-state index contributed by atoms with van der Waals surface area (Å²) in [4.78, 5) is 0. The average Bonchev–Trinajstić information content (AvgIpc) is 2.71. The Kier molecular flexibility index (Phi) is 4.58. The maximum Gasteiger partial charge on any atom is 0.0596 e. The molecular weight excluding hydrogens is 246 g/mol. The summed E-state index contributed by atoms with van der Waals surface area (Å²) in [6.07, 6.45) is 4.81. The predicted molar refractivity (Wildman–Crippen MR) is 84.6 cm³/mol. The van der Waals surface area contributed by atoms with E-state index in [0.717, 1.165) is 24.6 Å². The Labute approximate surface area is 123 Å². The first-order valence-electron chi connectivity index (χ1n) is 8.10. The van der Waals surface area contributed by atoms with E-state index < -0.39 is 0 Å². The van der Waals surface area contributed by atoms with E-state index in [-0.39, 0.29) is 0 Å². The van der Waals surface area contributed by atoms with Crippen LogP contribution in [0, 0.1) is 24.2 Å². The molecule has 2 N–H and O–H groups in total. The third-order valence-electron chi connectivity index (χ3n) is 5.02. The lowest BCUT2D eigenvalue weighted by Gasteiger charge is -2.40. The van der Waals surface area contributed by atoms with Gasteiger partial charge in [0, 0.05) is 18.3 Å². The molecule has 1 saturated carbocycles. The molecule has 1 aliphatic rings. The molecule has 3 atom stereocenters. The summed E-state index contributed by atoms with van der Waals surface area (Å²) in [7, 11) is 0. The number of nitrogens with two attached hydrogens (primary N) is 1. The molecule has 1 aromatic heterocycles. The maximum atomic E-state index is 6.40. The molecule has 1 heterocycles. The largest absolute Gasteiger partial charge is 0.327 e. The molecule has 1 aliphatic carbocycles. The molecule has 114 valence electrons. The molecular formula is C17H31N3. The van der Waals surface area contributed by atoms with Crippen molar-refractivity contribution in [2.45, 2.75) is 72.9 Å². The number of nitrogens with zero attached hydrogens (tertiary/aromatic N) is 2. The Morgan fingerprint density at radius 3 is 2.65 bits per heavy atom. The Balaban J connectivity index is 2.10. The van der Waals surface area contributed by atoms with Crippen LogP contribution in [0.5, 0.6) is 0 Å². The maximum absolute atomic E-state index is 6.40. The monoisotopic (exact) mass is 277 g/mol. The van der Waals surface area contributed by atoms with Gasteiger partial charge in [-0.15, -0.1) is 0 Å². The van der Waals surface area contributed by atoms with E-state index in [1.54, 1.807) is 0 Å². The van der Waals surface area contributed by atoms with Gasteiger partial charge in [0.1, 0.15) is 0 Å². The molecule has 3 heteroatoms. The van der Waals surface area contributed by atoms with E-state index >= 15 is 0 Å². The van der Waals surface area contributed by atoms with E-state index in [4.69, 9.17) is 5.73 Å². The van der Waals surface area contributed by atoms with Crippen LogP contribution in [0.1, 0.15) is 58.3 Å². The first kappa shape index (κ1) is 15.6. The van der Waals surface area contributed by atoms with Crippen LogP contribution in [0.2, 0.25) is 0 Å². The normalized spacial score (nSPS) is 27.8. The van der Waals surface area contributed by atoms with Crippen molar-refractivity contribution < 1.29 is 0 Å². The van der Waals surface area contributed by atoms with Crippen LogP contribution >= 0.6 is 0 Å². The first-order valence-corrected chi connectivity index (χ1v) is 8.10. The Bertz CT molecular complexity index is 442. The zero-order valence-corrected chi connectivity index (χ0v) is 13.8. The molecule has 20 heavy (non-hydrogen) atoms. The van der Waals surface area contributed by atoms with Crippen molar-refractivity contribution in [2.24, 2.45) is 23.0 Å². The quantitative estimate of drug-likeness (QED) is 0.918. The molecule has 0 aliphatic heterocycles. The van der Waals surface area contributed by atoms with Crippen molar-refractivity contribution in [3.8, 4) is 0 Å². The van der Waals surface area contributed by atoms with E-state index in [9.17, 15) is 0 Å². The van der Waals surface area contributed by atoms with Crippen molar-refractivity contribution in [3.63, 3.8) is 0 Å². The fourth-order valence-corrected chi connectivity index (χ4v) is 3.61. The fraction of sp³-hybridized carbons (Fsp3) is 0.824. The highest BCUT2D eigenvalue weighted by Gasteiger charge is 2.34. The molecule has 0 spiro atoms. The van der Waals surface area contributed by atoms with Gasteiger partial charge in [-0.2, -0.15) is 5.10 Å². The molecule has 3 nitrogen and oxygen atoms in total. The average molecular weight is 277 g/mol. The highest BCUT2D eigenvalue weighted by atomic mass is 15.3. The molecule has 0 saturated heterocycles. The molecule has 1 aromatic rings. The van der Waals surface area contributed by atoms with E-state index in [2.05, 4.69) is 50.5 Å². The van der Waals surface area contributed by atoms with Gasteiger partial charge in [-0.25, -0.2) is 0 Å². The van der Waals surface area contributed by atoms with Crippen LogP contribution in [0.25, 0.3) is 0 Å². The standard InChI is InChI=1S/C17H31N3/c1-6-20-15(9-12(2)19-20)11-13-10-14(17(3,4)5)7-8-16(13)18/h9,13-14,16H,6-8,10-11,18H2,1-5H3. The van der Waals surface area contributed by atoms with Gasteiger partial charge in [0.2, 0.25) is 0 Å². The SMILES string of the molecule is CCn1nc(C)cc1CC1CC(C(C)(C)C)CCC1N. The highest BCUT2D eigenvalue weighted by molar-refractivity contribution is 5.10. The van der Waals surface area contributed by atoms with Crippen molar-refractivity contribution in [3.05, 3.63) is 17.5 Å². The van der Waals surface area contributed by atoms with E-state index in [1.807, 2.05) is 0 Å². The van der Waals surface area contributed by atoms with Crippen LogP contribution < -0.4 is 5.73 Å². The summed E-state index contributed by atoms with van der Waals surface area (Å²) in [5, 5.41) is 4.56. The van der Waals surface area contributed by atoms with E-state index in [0.29, 0.717) is 17.4 Å². The van der Waals surface area contributed by atoms with Crippen molar-refractivity contribution in [1.29, 1.82) is 0 Å². The van der Waals surface area contributed by atoms with Crippen LogP contribution in [0.4, 0.5) is 0 Å². The second-order valence-corrected chi connectivity index (χ2v) is 7.60. The Hall–Kier alpha value is -0.830. The third-order valence-corrected chi connectivity index (χ3v) is 5.02. The zero-order chi connectivity index (χ0) is 14.9. The molecule has 2 rings (SSSR count). The smallest absolute Gasteiger partial charge is 0.0596 e. The lowest BCUT2D eigenvalue weighted by atomic mass is 9.67. The van der Waals surface area contributed by atoms with Crippen LogP contribution in [0.15, 0.2) is 6.07 Å². The minimum absolute atomic E-state index is 0.356. The molecule has 0 radical (unpaired) electrons.